The second kappa shape index (κ2) is 9.03. The van der Waals surface area contributed by atoms with Gasteiger partial charge in [0.2, 0.25) is 5.91 Å². The summed E-state index contributed by atoms with van der Waals surface area (Å²) in [4.78, 5) is 20.3. The molecule has 1 N–H and O–H groups in total. The zero-order chi connectivity index (χ0) is 13.7. The maximum Gasteiger partial charge on any atom is 1.00 e. The van der Waals surface area contributed by atoms with Crippen molar-refractivity contribution in [1.82, 2.24) is 14.5 Å². The molecule has 0 spiro atoms. The van der Waals surface area contributed by atoms with Crippen molar-refractivity contribution in [3.8, 4) is 0 Å². The van der Waals surface area contributed by atoms with E-state index in [1.807, 2.05) is 17.8 Å². The van der Waals surface area contributed by atoms with Gasteiger partial charge in [0.15, 0.2) is 5.13 Å². The van der Waals surface area contributed by atoms with Crippen LogP contribution in [-0.4, -0.2) is 27.0 Å². The topological polar surface area (TPSA) is 73.9 Å². The number of hydrogen-bond donors (Lipinski definition) is 1. The Morgan fingerprint density at radius 1 is 1.50 bits per heavy atom. The molecule has 0 aromatic carbocycles. The van der Waals surface area contributed by atoms with Gasteiger partial charge in [-0.3, -0.25) is 4.79 Å². The van der Waals surface area contributed by atoms with Crippen molar-refractivity contribution in [3.63, 3.8) is 0 Å². The molecule has 0 saturated heterocycles. The molecule has 102 valence electrons. The summed E-state index contributed by atoms with van der Waals surface area (Å²) >= 11 is 1.45. The Morgan fingerprint density at radius 2 is 2.30 bits per heavy atom. The molecule has 0 fully saturated rings. The molecule has 0 atom stereocenters. The predicted molar refractivity (Wildman–Crippen MR) is 75.3 cm³/mol. The molecule has 0 aliphatic heterocycles. The zero-order valence-electron chi connectivity index (χ0n) is 12.0. The minimum absolute atomic E-state index is 0. The van der Waals surface area contributed by atoms with Crippen molar-refractivity contribution in [1.29, 1.82) is 0 Å². The molecule has 0 unspecified atom stereocenters. The van der Waals surface area contributed by atoms with E-state index in [0.29, 0.717) is 11.7 Å². The summed E-state index contributed by atoms with van der Waals surface area (Å²) in [6.07, 6.45) is 6.30. The van der Waals surface area contributed by atoms with Crippen LogP contribution in [0.15, 0.2) is 18.6 Å². The fourth-order valence-electron chi connectivity index (χ4n) is 1.59. The van der Waals surface area contributed by atoms with E-state index in [1.165, 1.54) is 18.3 Å². The summed E-state index contributed by atoms with van der Waals surface area (Å²) < 4.78 is 2.00. The Kier molecular flexibility index (Phi) is 8.11. The SMILES string of the molecule is CC(=O)Nc1ncc(C[N-]CCc2nccn2C)s1.[K+]. The third-order valence-corrected chi connectivity index (χ3v) is 3.42. The van der Waals surface area contributed by atoms with E-state index in [1.54, 1.807) is 12.4 Å². The molecule has 0 radical (unpaired) electrons. The monoisotopic (exact) mass is 317 g/mol. The van der Waals surface area contributed by atoms with Gasteiger partial charge in [-0.15, -0.1) is 24.4 Å². The van der Waals surface area contributed by atoms with Gasteiger partial charge < -0.3 is 15.2 Å². The average Bonchev–Trinajstić information content (AvgIpc) is 2.94. The second-order valence-electron chi connectivity index (χ2n) is 4.12. The number of nitrogens with one attached hydrogen (secondary N) is 1. The van der Waals surface area contributed by atoms with Crippen molar-refractivity contribution in [2.24, 2.45) is 7.05 Å². The summed E-state index contributed by atoms with van der Waals surface area (Å²) in [5.74, 6) is 0.930. The zero-order valence-corrected chi connectivity index (χ0v) is 15.9. The maximum absolute atomic E-state index is 10.9. The van der Waals surface area contributed by atoms with Crippen LogP contribution in [0.3, 0.4) is 0 Å². The molecule has 0 aliphatic rings. The molecule has 2 rings (SSSR count). The molecule has 8 heteroatoms. The normalized spacial score (nSPS) is 10.1. The summed E-state index contributed by atoms with van der Waals surface area (Å²) in [5, 5.41) is 7.74. The van der Waals surface area contributed by atoms with Gasteiger partial charge in [0.1, 0.15) is 5.82 Å². The van der Waals surface area contributed by atoms with Crippen LogP contribution in [0.4, 0.5) is 5.13 Å². The van der Waals surface area contributed by atoms with Crippen LogP contribution in [-0.2, 0) is 24.8 Å². The number of thiazole rings is 1. The van der Waals surface area contributed by atoms with Crippen LogP contribution in [0.1, 0.15) is 17.6 Å². The van der Waals surface area contributed by atoms with Crippen molar-refractivity contribution in [2.45, 2.75) is 19.9 Å². The van der Waals surface area contributed by atoms with Gasteiger partial charge in [-0.1, -0.05) is 0 Å². The van der Waals surface area contributed by atoms with Gasteiger partial charge >= 0.3 is 51.4 Å². The smallest absolute Gasteiger partial charge is 0.657 e. The molecule has 6 nitrogen and oxygen atoms in total. The van der Waals surface area contributed by atoms with Crippen LogP contribution in [0.2, 0.25) is 0 Å². The summed E-state index contributed by atoms with van der Waals surface area (Å²) in [6, 6.07) is 0. The van der Waals surface area contributed by atoms with E-state index in [9.17, 15) is 4.79 Å². The van der Waals surface area contributed by atoms with Crippen LogP contribution in [0, 0.1) is 0 Å². The van der Waals surface area contributed by atoms with Crippen LogP contribution in [0.5, 0.6) is 0 Å². The van der Waals surface area contributed by atoms with Gasteiger partial charge in [-0.25, -0.2) is 9.97 Å². The van der Waals surface area contributed by atoms with E-state index >= 15 is 0 Å². The fourth-order valence-corrected chi connectivity index (χ4v) is 2.40. The number of imidazole rings is 1. The number of rotatable bonds is 6. The first-order valence-electron chi connectivity index (χ1n) is 5.97. The third-order valence-electron chi connectivity index (χ3n) is 2.52. The second-order valence-corrected chi connectivity index (χ2v) is 5.24. The quantitative estimate of drug-likeness (QED) is 0.546. The Bertz CT molecular complexity index is 554. The van der Waals surface area contributed by atoms with Gasteiger partial charge in [-0.05, 0) is 6.42 Å². The number of hydrogen-bond acceptors (Lipinski definition) is 4. The van der Waals surface area contributed by atoms with E-state index < -0.39 is 0 Å². The summed E-state index contributed by atoms with van der Waals surface area (Å²) in [7, 11) is 1.98. The summed E-state index contributed by atoms with van der Waals surface area (Å²) in [5.41, 5.74) is 0. The molecule has 2 aromatic rings. The first kappa shape index (κ1) is 18.0. The van der Waals surface area contributed by atoms with Gasteiger partial charge in [0.05, 0.1) is 0 Å². The van der Waals surface area contributed by atoms with Crippen molar-refractivity contribution < 1.29 is 56.2 Å². The van der Waals surface area contributed by atoms with E-state index in [-0.39, 0.29) is 57.3 Å². The Labute approximate surface area is 164 Å². The molecule has 20 heavy (non-hydrogen) atoms. The number of carbonyl (C=O) groups is 1. The minimum atomic E-state index is -0.104. The molecular weight excluding hydrogens is 301 g/mol. The van der Waals surface area contributed by atoms with E-state index in [4.69, 9.17) is 0 Å². The third kappa shape index (κ3) is 5.72. The Hall–Kier alpha value is -0.0936. The Morgan fingerprint density at radius 3 is 2.95 bits per heavy atom. The number of anilines is 1. The number of amides is 1. The molecule has 1 amide bonds. The number of nitrogens with zero attached hydrogens (tertiary/aromatic N) is 4. The molecular formula is C12H16KN5OS. The number of aryl methyl sites for hydroxylation is 1. The maximum atomic E-state index is 10.9. The number of carbonyl (C=O) groups excluding carboxylic acids is 1. The minimum Gasteiger partial charge on any atom is -0.657 e. The molecule has 0 bridgehead atoms. The van der Waals surface area contributed by atoms with Crippen molar-refractivity contribution >= 4 is 22.4 Å². The fraction of sp³-hybridized carbons (Fsp3) is 0.417. The van der Waals surface area contributed by atoms with Gasteiger partial charge in [0.25, 0.3) is 0 Å². The van der Waals surface area contributed by atoms with Crippen LogP contribution >= 0.6 is 11.3 Å². The molecule has 0 aliphatic carbocycles. The van der Waals surface area contributed by atoms with Crippen molar-refractivity contribution in [3.05, 3.63) is 34.6 Å². The van der Waals surface area contributed by atoms with E-state index in [0.717, 1.165) is 23.7 Å². The molecule has 0 saturated carbocycles. The molecule has 2 aromatic heterocycles. The first-order chi connectivity index (χ1) is 9.15. The Balaban J connectivity index is 0.00000200. The van der Waals surface area contributed by atoms with Gasteiger partial charge in [0, 0.05) is 37.4 Å². The van der Waals surface area contributed by atoms with Crippen LogP contribution < -0.4 is 56.7 Å². The van der Waals surface area contributed by atoms with E-state index in [2.05, 4.69) is 20.6 Å². The standard InChI is InChI=1S/C12H16N5OS.K/c1-9(18)16-12-15-8-10(19-12)7-13-4-3-11-14-5-6-17(11)2;/h5-6,8H,3-4,7H2,1-2H3,(H,15,16,18);/q-1;+1. The summed E-state index contributed by atoms with van der Waals surface area (Å²) in [6.45, 7) is 2.83. The van der Waals surface area contributed by atoms with Crippen molar-refractivity contribution in [2.75, 3.05) is 11.9 Å². The van der Waals surface area contributed by atoms with Crippen LogP contribution in [0.25, 0.3) is 5.32 Å². The largest absolute Gasteiger partial charge is 1.00 e. The van der Waals surface area contributed by atoms with Gasteiger partial charge in [-0.2, -0.15) is 0 Å². The predicted octanol–water partition coefficient (Wildman–Crippen LogP) is -1.04. The first-order valence-corrected chi connectivity index (χ1v) is 6.78. The number of aromatic nitrogens is 3. The molecule has 2 heterocycles. The average molecular weight is 317 g/mol.